The summed E-state index contributed by atoms with van der Waals surface area (Å²) in [6.07, 6.45) is 52.7. The van der Waals surface area contributed by atoms with Crippen LogP contribution in [0.4, 0.5) is 0 Å². The highest BCUT2D eigenvalue weighted by molar-refractivity contribution is 7.47. The summed E-state index contributed by atoms with van der Waals surface area (Å²) >= 11 is 0. The molecule has 0 aromatic carbocycles. The predicted molar refractivity (Wildman–Crippen MR) is 386 cm³/mol. The number of rotatable bonds is 74. The molecular formula is C76H148O17P2. The molecule has 0 aliphatic heterocycles. The van der Waals surface area contributed by atoms with Gasteiger partial charge in [-0.3, -0.25) is 37.3 Å². The van der Waals surface area contributed by atoms with Gasteiger partial charge in [-0.05, 0) is 43.4 Å². The molecule has 0 heterocycles. The van der Waals surface area contributed by atoms with Gasteiger partial charge >= 0.3 is 39.5 Å². The third kappa shape index (κ3) is 69.0. The van der Waals surface area contributed by atoms with Gasteiger partial charge < -0.3 is 33.8 Å². The maximum absolute atomic E-state index is 13.1. The van der Waals surface area contributed by atoms with Gasteiger partial charge in [0.15, 0.2) is 12.2 Å². The van der Waals surface area contributed by atoms with Crippen molar-refractivity contribution < 1.29 is 80.2 Å². The van der Waals surface area contributed by atoms with Crippen molar-refractivity contribution in [2.24, 2.45) is 17.8 Å². The van der Waals surface area contributed by atoms with Gasteiger partial charge in [-0.1, -0.05) is 337 Å². The Balaban J connectivity index is 5.25. The van der Waals surface area contributed by atoms with E-state index in [0.717, 1.165) is 108 Å². The molecule has 0 amide bonds. The van der Waals surface area contributed by atoms with Crippen molar-refractivity contribution in [3.05, 3.63) is 0 Å². The molecule has 3 N–H and O–H groups in total. The van der Waals surface area contributed by atoms with E-state index in [1.54, 1.807) is 0 Å². The minimum Gasteiger partial charge on any atom is -0.462 e. The number of carbonyl (C=O) groups is 4. The van der Waals surface area contributed by atoms with Crippen molar-refractivity contribution in [2.45, 2.75) is 407 Å². The molecule has 0 aromatic heterocycles. The van der Waals surface area contributed by atoms with Gasteiger partial charge in [0, 0.05) is 25.7 Å². The Morgan fingerprint density at radius 3 is 0.800 bits per heavy atom. The Bertz CT molecular complexity index is 1850. The largest absolute Gasteiger partial charge is 0.472 e. The molecule has 0 saturated heterocycles. The summed E-state index contributed by atoms with van der Waals surface area (Å²) in [5.41, 5.74) is 0. The molecule has 0 radical (unpaired) electrons. The summed E-state index contributed by atoms with van der Waals surface area (Å²) in [6, 6.07) is 0. The lowest BCUT2D eigenvalue weighted by atomic mass is 9.99. The van der Waals surface area contributed by atoms with Gasteiger partial charge in [0.25, 0.3) is 0 Å². The Kier molecular flexibility index (Phi) is 65.2. The van der Waals surface area contributed by atoms with E-state index < -0.39 is 97.5 Å². The zero-order chi connectivity index (χ0) is 70.1. The van der Waals surface area contributed by atoms with Crippen molar-refractivity contribution in [3.8, 4) is 0 Å². The molecule has 17 nitrogen and oxygen atoms in total. The number of hydrogen-bond donors (Lipinski definition) is 3. The Morgan fingerprint density at radius 1 is 0.305 bits per heavy atom. The number of unbranched alkanes of at least 4 members (excludes halogenated alkanes) is 41. The maximum atomic E-state index is 13.1. The van der Waals surface area contributed by atoms with Gasteiger partial charge in [0.1, 0.15) is 19.3 Å². The third-order valence-electron chi connectivity index (χ3n) is 18.0. The second-order valence-electron chi connectivity index (χ2n) is 28.6. The summed E-state index contributed by atoms with van der Waals surface area (Å²) in [6.45, 7) is 11.9. The molecule has 0 rings (SSSR count). The van der Waals surface area contributed by atoms with Crippen LogP contribution in [-0.2, 0) is 65.4 Å². The molecule has 0 saturated carbocycles. The van der Waals surface area contributed by atoms with E-state index in [-0.39, 0.29) is 25.7 Å². The van der Waals surface area contributed by atoms with Crippen LogP contribution in [0.25, 0.3) is 0 Å². The fraction of sp³-hybridized carbons (Fsp3) is 0.947. The van der Waals surface area contributed by atoms with Crippen molar-refractivity contribution in [1.82, 2.24) is 0 Å². The molecule has 0 fully saturated rings. The number of aliphatic hydroxyl groups is 1. The van der Waals surface area contributed by atoms with Crippen LogP contribution in [-0.4, -0.2) is 96.7 Å². The smallest absolute Gasteiger partial charge is 0.462 e. The number of phosphoric acid groups is 2. The topological polar surface area (TPSA) is 237 Å². The van der Waals surface area contributed by atoms with Gasteiger partial charge in [-0.15, -0.1) is 0 Å². The number of carbonyl (C=O) groups excluding carboxylic acids is 4. The lowest BCUT2D eigenvalue weighted by Gasteiger charge is -2.21. The normalized spacial score (nSPS) is 14.4. The number of phosphoric ester groups is 2. The Morgan fingerprint density at radius 2 is 0.537 bits per heavy atom. The van der Waals surface area contributed by atoms with Crippen LogP contribution in [0.15, 0.2) is 0 Å². The third-order valence-corrected chi connectivity index (χ3v) is 19.9. The zero-order valence-corrected chi connectivity index (χ0v) is 63.9. The number of hydrogen-bond acceptors (Lipinski definition) is 15. The minimum atomic E-state index is -4.96. The molecule has 3 unspecified atom stereocenters. The summed E-state index contributed by atoms with van der Waals surface area (Å²) in [7, 11) is -9.91. The van der Waals surface area contributed by atoms with Gasteiger partial charge in [-0.25, -0.2) is 9.13 Å². The molecular weight excluding hydrogens is 1250 g/mol. The van der Waals surface area contributed by atoms with E-state index in [0.29, 0.717) is 31.6 Å². The van der Waals surface area contributed by atoms with Crippen LogP contribution in [0.3, 0.4) is 0 Å². The first kappa shape index (κ1) is 93.1. The average Bonchev–Trinajstić information content (AvgIpc) is 2.51. The van der Waals surface area contributed by atoms with Crippen molar-refractivity contribution in [1.29, 1.82) is 0 Å². The molecule has 0 aliphatic rings. The highest BCUT2D eigenvalue weighted by atomic mass is 31.2. The van der Waals surface area contributed by atoms with E-state index in [1.807, 2.05) is 0 Å². The van der Waals surface area contributed by atoms with Crippen molar-refractivity contribution in [2.75, 3.05) is 39.6 Å². The summed E-state index contributed by atoms with van der Waals surface area (Å²) in [5.74, 6) is 0.158. The van der Waals surface area contributed by atoms with Crippen LogP contribution >= 0.6 is 15.6 Å². The molecule has 564 valence electrons. The minimum absolute atomic E-state index is 0.104. The van der Waals surface area contributed by atoms with E-state index in [2.05, 4.69) is 48.5 Å². The van der Waals surface area contributed by atoms with Crippen LogP contribution in [0.1, 0.15) is 389 Å². The fourth-order valence-corrected chi connectivity index (χ4v) is 13.1. The number of aliphatic hydroxyl groups excluding tert-OH is 1. The van der Waals surface area contributed by atoms with Crippen molar-refractivity contribution >= 4 is 39.5 Å². The first-order valence-corrected chi connectivity index (χ1v) is 42.4. The Hall–Kier alpha value is -1.94. The lowest BCUT2D eigenvalue weighted by Crippen LogP contribution is -2.30. The van der Waals surface area contributed by atoms with Crippen LogP contribution in [0.2, 0.25) is 0 Å². The number of esters is 4. The summed E-state index contributed by atoms with van der Waals surface area (Å²) in [4.78, 5) is 72.8. The van der Waals surface area contributed by atoms with E-state index in [4.69, 9.17) is 37.0 Å². The first-order valence-electron chi connectivity index (χ1n) is 39.4. The van der Waals surface area contributed by atoms with Crippen molar-refractivity contribution in [3.63, 3.8) is 0 Å². The average molecular weight is 1400 g/mol. The molecule has 0 bridgehead atoms. The number of ether oxygens (including phenoxy) is 4. The molecule has 0 spiro atoms. The summed E-state index contributed by atoms with van der Waals surface area (Å²) < 4.78 is 68.5. The van der Waals surface area contributed by atoms with Crippen LogP contribution < -0.4 is 0 Å². The molecule has 95 heavy (non-hydrogen) atoms. The van der Waals surface area contributed by atoms with Gasteiger partial charge in [0.05, 0.1) is 26.4 Å². The molecule has 0 aliphatic carbocycles. The van der Waals surface area contributed by atoms with E-state index >= 15 is 0 Å². The highest BCUT2D eigenvalue weighted by Gasteiger charge is 2.30. The predicted octanol–water partition coefficient (Wildman–Crippen LogP) is 22.2. The van der Waals surface area contributed by atoms with Crippen LogP contribution in [0.5, 0.6) is 0 Å². The SMILES string of the molecule is CCCCCCCCCCCCCCCCCC(=O)OC[C@H](COP(=O)(O)OC[C@@H](O)COP(=O)(O)OC[C@@H](COC(=O)CCCCCCCCCC(C)C)OC(=O)CCCCCCCCCCC(C)CC)OC(=O)CCCCCCCCCCCCCCCCCC(C)C. The first-order chi connectivity index (χ1) is 45.8. The van der Waals surface area contributed by atoms with E-state index in [9.17, 15) is 43.2 Å². The maximum Gasteiger partial charge on any atom is 0.472 e. The summed E-state index contributed by atoms with van der Waals surface area (Å²) in [5, 5.41) is 10.6. The second-order valence-corrected chi connectivity index (χ2v) is 31.5. The fourth-order valence-electron chi connectivity index (χ4n) is 11.6. The molecule has 6 atom stereocenters. The second kappa shape index (κ2) is 66.6. The van der Waals surface area contributed by atoms with E-state index in [1.165, 1.54) is 193 Å². The van der Waals surface area contributed by atoms with Gasteiger partial charge in [0.2, 0.25) is 0 Å². The lowest BCUT2D eigenvalue weighted by molar-refractivity contribution is -0.161. The van der Waals surface area contributed by atoms with Gasteiger partial charge in [-0.2, -0.15) is 0 Å². The molecule has 19 heteroatoms. The zero-order valence-electron chi connectivity index (χ0n) is 62.1. The highest BCUT2D eigenvalue weighted by Crippen LogP contribution is 2.45. The monoisotopic (exact) mass is 1400 g/mol. The Labute approximate surface area is 581 Å². The quantitative estimate of drug-likeness (QED) is 0.0222. The molecule has 0 aromatic rings. The standard InChI is InChI=1S/C76H148O17P2/c1-8-10-11-12-13-14-15-16-18-22-25-28-36-43-50-57-73(78)86-63-71(92-75(80)59-52-45-37-29-26-23-20-17-19-21-24-27-33-40-47-54-67(3)4)65-90-94(82,83)88-61-70(77)62-89-95(84,85)91-66-72(64-87-74(79)58-51-44-39-32-34-41-48-55-68(5)6)93-76(81)60-53-46-38-31-30-35-42-49-56-69(7)9-2/h67-72,77H,8-66H2,1-7H3,(H,82,83)(H,84,85)/t69?,70-,71-,72-/m1/s1. The van der Waals surface area contributed by atoms with Crippen LogP contribution in [0, 0.1) is 17.8 Å².